The highest BCUT2D eigenvalue weighted by Gasteiger charge is 2.03. The highest BCUT2D eigenvalue weighted by atomic mass is 16.5. The second-order valence-corrected chi connectivity index (χ2v) is 5.58. The van der Waals surface area contributed by atoms with Gasteiger partial charge in [0.25, 0.3) is 0 Å². The third-order valence-corrected chi connectivity index (χ3v) is 3.13. The zero-order chi connectivity index (χ0) is 14.4. The van der Waals surface area contributed by atoms with Crippen LogP contribution in [-0.2, 0) is 0 Å². The zero-order valence-corrected chi connectivity index (χ0v) is 12.6. The molecule has 1 aromatic carbocycles. The summed E-state index contributed by atoms with van der Waals surface area (Å²) >= 11 is 0. The first kappa shape index (κ1) is 14.8. The molecule has 20 heavy (non-hydrogen) atoms. The van der Waals surface area contributed by atoms with Crippen molar-refractivity contribution in [3.05, 3.63) is 36.0 Å². The molecular weight excluding hydrogens is 248 g/mol. The van der Waals surface area contributed by atoms with E-state index >= 15 is 0 Å². The van der Waals surface area contributed by atoms with Gasteiger partial charge in [-0.3, -0.25) is 0 Å². The molecule has 0 unspecified atom stereocenters. The van der Waals surface area contributed by atoms with Crippen molar-refractivity contribution in [2.24, 2.45) is 5.92 Å². The van der Waals surface area contributed by atoms with Crippen LogP contribution in [0.2, 0.25) is 0 Å². The molecule has 108 valence electrons. The van der Waals surface area contributed by atoms with E-state index in [0.717, 1.165) is 48.5 Å². The van der Waals surface area contributed by atoms with Gasteiger partial charge in [-0.25, -0.2) is 4.98 Å². The molecule has 0 aliphatic rings. The maximum absolute atomic E-state index is 5.88. The van der Waals surface area contributed by atoms with Crippen molar-refractivity contribution in [2.45, 2.75) is 27.2 Å². The predicted octanol–water partition coefficient (Wildman–Crippen LogP) is 3.56. The lowest BCUT2D eigenvalue weighted by molar-refractivity contribution is 0.310. The minimum absolute atomic E-state index is 0.696. The van der Waals surface area contributed by atoms with E-state index in [9.17, 15) is 0 Å². The Balaban J connectivity index is 1.88. The highest BCUT2D eigenvalue weighted by molar-refractivity contribution is 5.84. The molecule has 0 spiro atoms. The van der Waals surface area contributed by atoms with Crippen LogP contribution in [0, 0.1) is 12.8 Å². The molecule has 0 atom stereocenters. The number of ether oxygens (including phenoxy) is 1. The first-order chi connectivity index (χ1) is 9.66. The minimum atomic E-state index is 0.696. The summed E-state index contributed by atoms with van der Waals surface area (Å²) in [6.45, 7) is 9.22. The van der Waals surface area contributed by atoms with E-state index in [1.807, 2.05) is 25.1 Å². The van der Waals surface area contributed by atoms with Crippen molar-refractivity contribution in [3.63, 3.8) is 0 Å². The van der Waals surface area contributed by atoms with Gasteiger partial charge in [0.1, 0.15) is 11.3 Å². The van der Waals surface area contributed by atoms with Gasteiger partial charge in [-0.15, -0.1) is 0 Å². The lowest BCUT2D eigenvalue weighted by Crippen LogP contribution is -2.22. The van der Waals surface area contributed by atoms with Crippen molar-refractivity contribution >= 4 is 10.9 Å². The molecule has 3 heteroatoms. The zero-order valence-electron chi connectivity index (χ0n) is 12.6. The van der Waals surface area contributed by atoms with Crippen LogP contribution < -0.4 is 10.1 Å². The number of hydrogen-bond acceptors (Lipinski definition) is 3. The van der Waals surface area contributed by atoms with Crippen LogP contribution in [0.25, 0.3) is 10.9 Å². The van der Waals surface area contributed by atoms with Crippen LogP contribution in [-0.4, -0.2) is 24.7 Å². The van der Waals surface area contributed by atoms with E-state index in [4.69, 9.17) is 4.74 Å². The molecule has 0 amide bonds. The first-order valence-corrected chi connectivity index (χ1v) is 7.36. The molecule has 0 radical (unpaired) electrons. The number of aromatic nitrogens is 1. The minimum Gasteiger partial charge on any atom is -0.491 e. The number of rotatable bonds is 7. The van der Waals surface area contributed by atoms with Crippen LogP contribution in [0.5, 0.6) is 5.75 Å². The molecule has 3 nitrogen and oxygen atoms in total. The summed E-state index contributed by atoms with van der Waals surface area (Å²) in [6, 6.07) is 10.2. The normalized spacial score (nSPS) is 11.2. The number of para-hydroxylation sites is 1. The third-order valence-electron chi connectivity index (χ3n) is 3.13. The monoisotopic (exact) mass is 272 g/mol. The molecule has 0 saturated carbocycles. The first-order valence-electron chi connectivity index (χ1n) is 7.36. The molecular formula is C17H24N2O. The summed E-state index contributed by atoms with van der Waals surface area (Å²) in [4.78, 5) is 4.57. The SMILES string of the molecule is Cc1ccc2cccc(OCCCNCC(C)C)c2n1. The lowest BCUT2D eigenvalue weighted by Gasteiger charge is -2.10. The fourth-order valence-corrected chi connectivity index (χ4v) is 2.10. The van der Waals surface area contributed by atoms with Crippen molar-refractivity contribution in [1.29, 1.82) is 0 Å². The lowest BCUT2D eigenvalue weighted by atomic mass is 10.2. The highest BCUT2D eigenvalue weighted by Crippen LogP contribution is 2.23. The maximum atomic E-state index is 5.88. The number of nitrogens with one attached hydrogen (secondary N) is 1. The van der Waals surface area contributed by atoms with E-state index in [0.29, 0.717) is 5.92 Å². The summed E-state index contributed by atoms with van der Waals surface area (Å²) in [5.74, 6) is 1.58. The second kappa shape index (κ2) is 7.25. The molecule has 0 aliphatic carbocycles. The Morgan fingerprint density at radius 3 is 2.85 bits per heavy atom. The van der Waals surface area contributed by atoms with Crippen LogP contribution in [0.15, 0.2) is 30.3 Å². The molecule has 0 saturated heterocycles. The maximum Gasteiger partial charge on any atom is 0.145 e. The van der Waals surface area contributed by atoms with E-state index < -0.39 is 0 Å². The van der Waals surface area contributed by atoms with E-state index in [-0.39, 0.29) is 0 Å². The molecule has 0 bridgehead atoms. The number of pyridine rings is 1. The van der Waals surface area contributed by atoms with Gasteiger partial charge in [0.2, 0.25) is 0 Å². The van der Waals surface area contributed by atoms with Crippen molar-refractivity contribution in [1.82, 2.24) is 10.3 Å². The Morgan fingerprint density at radius 1 is 1.20 bits per heavy atom. The summed E-state index contributed by atoms with van der Waals surface area (Å²) in [7, 11) is 0. The van der Waals surface area contributed by atoms with Crippen LogP contribution in [0.1, 0.15) is 26.0 Å². The number of nitrogens with zero attached hydrogens (tertiary/aromatic N) is 1. The number of hydrogen-bond donors (Lipinski definition) is 1. The number of aryl methyl sites for hydroxylation is 1. The average Bonchev–Trinajstić information content (AvgIpc) is 2.42. The molecule has 2 rings (SSSR count). The van der Waals surface area contributed by atoms with Gasteiger partial charge in [-0.05, 0) is 44.5 Å². The number of fused-ring (bicyclic) bond motifs is 1. The van der Waals surface area contributed by atoms with Gasteiger partial charge >= 0.3 is 0 Å². The second-order valence-electron chi connectivity index (χ2n) is 5.58. The van der Waals surface area contributed by atoms with Gasteiger partial charge in [0.15, 0.2) is 0 Å². The van der Waals surface area contributed by atoms with E-state index in [1.54, 1.807) is 0 Å². The Morgan fingerprint density at radius 2 is 2.05 bits per heavy atom. The summed E-state index contributed by atoms with van der Waals surface area (Å²) in [5, 5.41) is 4.55. The third kappa shape index (κ3) is 4.20. The molecule has 1 heterocycles. The quantitative estimate of drug-likeness (QED) is 0.783. The summed E-state index contributed by atoms with van der Waals surface area (Å²) < 4.78 is 5.88. The fraction of sp³-hybridized carbons (Fsp3) is 0.471. The smallest absolute Gasteiger partial charge is 0.145 e. The van der Waals surface area contributed by atoms with E-state index in [2.05, 4.69) is 36.3 Å². The molecule has 2 aromatic rings. The Kier molecular flexibility index (Phi) is 5.36. The van der Waals surface area contributed by atoms with Crippen molar-refractivity contribution < 1.29 is 4.74 Å². The van der Waals surface area contributed by atoms with Gasteiger partial charge in [-0.1, -0.05) is 32.0 Å². The molecule has 0 aliphatic heterocycles. The fourth-order valence-electron chi connectivity index (χ4n) is 2.10. The van der Waals surface area contributed by atoms with Crippen molar-refractivity contribution in [3.8, 4) is 5.75 Å². The van der Waals surface area contributed by atoms with Crippen molar-refractivity contribution in [2.75, 3.05) is 19.7 Å². The average molecular weight is 272 g/mol. The Hall–Kier alpha value is -1.61. The van der Waals surface area contributed by atoms with Gasteiger partial charge < -0.3 is 10.1 Å². The van der Waals surface area contributed by atoms with Crippen LogP contribution in [0.4, 0.5) is 0 Å². The molecule has 1 aromatic heterocycles. The number of benzene rings is 1. The van der Waals surface area contributed by atoms with Crippen LogP contribution in [0.3, 0.4) is 0 Å². The standard InChI is InChI=1S/C17H24N2O/c1-13(2)12-18-10-5-11-20-16-7-4-6-15-9-8-14(3)19-17(15)16/h4,6-9,13,18H,5,10-12H2,1-3H3. The largest absolute Gasteiger partial charge is 0.491 e. The predicted molar refractivity (Wildman–Crippen MR) is 84.3 cm³/mol. The summed E-state index contributed by atoms with van der Waals surface area (Å²) in [6.07, 6.45) is 1.01. The Labute approximate surface area is 121 Å². The van der Waals surface area contributed by atoms with Gasteiger partial charge in [-0.2, -0.15) is 0 Å². The van der Waals surface area contributed by atoms with Gasteiger partial charge in [0.05, 0.1) is 6.61 Å². The molecule has 1 N–H and O–H groups in total. The Bertz CT molecular complexity index is 552. The topological polar surface area (TPSA) is 34.1 Å². The summed E-state index contributed by atoms with van der Waals surface area (Å²) in [5.41, 5.74) is 1.98. The van der Waals surface area contributed by atoms with E-state index in [1.165, 1.54) is 0 Å². The van der Waals surface area contributed by atoms with Crippen LogP contribution >= 0.6 is 0 Å². The van der Waals surface area contributed by atoms with Gasteiger partial charge in [0, 0.05) is 11.1 Å². The molecule has 0 fully saturated rings.